The molecule has 2 aromatic rings. The maximum absolute atomic E-state index is 12.3. The Bertz CT molecular complexity index is 1020. The van der Waals surface area contributed by atoms with Gasteiger partial charge in [0, 0.05) is 19.8 Å². The van der Waals surface area contributed by atoms with Crippen molar-refractivity contribution >= 4 is 33.3 Å². The Kier molecular flexibility index (Phi) is 7.82. The smallest absolute Gasteiger partial charge is 0.478 e. The molecule has 164 valence electrons. The van der Waals surface area contributed by atoms with Crippen molar-refractivity contribution in [3.63, 3.8) is 0 Å². The first-order chi connectivity index (χ1) is 13.6. The van der Waals surface area contributed by atoms with Gasteiger partial charge in [-0.15, -0.1) is 0 Å². The largest absolute Gasteiger partial charge is 0.490 e. The second-order valence-electron chi connectivity index (χ2n) is 6.15. The summed E-state index contributed by atoms with van der Waals surface area (Å²) in [5.74, 6) is -3.88. The number of anilines is 2. The van der Waals surface area contributed by atoms with Gasteiger partial charge >= 0.3 is 18.1 Å². The first-order valence-corrected chi connectivity index (χ1v) is 9.57. The molecule has 2 rings (SSSR count). The third-order valence-corrected chi connectivity index (χ3v) is 4.93. The average molecular weight is 448 g/mol. The van der Waals surface area contributed by atoms with Gasteiger partial charge in [0.05, 0.1) is 16.1 Å². The van der Waals surface area contributed by atoms with E-state index >= 15 is 0 Å². The third-order valence-electron chi connectivity index (χ3n) is 3.53. The van der Waals surface area contributed by atoms with E-state index < -0.39 is 28.1 Å². The minimum atomic E-state index is -5.08. The van der Waals surface area contributed by atoms with E-state index in [4.69, 9.17) is 9.90 Å². The summed E-state index contributed by atoms with van der Waals surface area (Å²) in [7, 11) is -0.322. The van der Waals surface area contributed by atoms with Crippen molar-refractivity contribution in [1.82, 2.24) is 0 Å². The molecular formula is C18H19F3N2O6S. The van der Waals surface area contributed by atoms with Crippen LogP contribution in [-0.4, -0.2) is 50.8 Å². The summed E-state index contributed by atoms with van der Waals surface area (Å²) in [6.45, 7) is 1.86. The summed E-state index contributed by atoms with van der Waals surface area (Å²) in [5.41, 5.74) is 1.68. The van der Waals surface area contributed by atoms with Gasteiger partial charge in [0.25, 0.3) is 10.0 Å². The molecule has 0 aromatic heterocycles. The molecule has 0 aliphatic heterocycles. The Morgan fingerprint density at radius 3 is 1.90 bits per heavy atom. The van der Waals surface area contributed by atoms with Crippen molar-refractivity contribution in [2.24, 2.45) is 0 Å². The number of carboxylic acid groups (broad SMARTS) is 2. The minimum Gasteiger partial charge on any atom is -0.478 e. The Hall–Kier alpha value is -3.28. The lowest BCUT2D eigenvalue weighted by Gasteiger charge is -2.17. The summed E-state index contributed by atoms with van der Waals surface area (Å²) in [6.07, 6.45) is -5.08. The Morgan fingerprint density at radius 1 is 1.00 bits per heavy atom. The van der Waals surface area contributed by atoms with Crippen molar-refractivity contribution in [3.05, 3.63) is 53.6 Å². The minimum absolute atomic E-state index is 0.0270. The SMILES string of the molecule is Cc1ccc(S(=O)(=O)Nc2ccc(N(C)C)c(C(=O)O)c2)cc1.O=C(O)C(F)(F)F. The van der Waals surface area contributed by atoms with Gasteiger partial charge in [0.1, 0.15) is 0 Å². The second-order valence-corrected chi connectivity index (χ2v) is 7.84. The number of aliphatic carboxylic acids is 1. The quantitative estimate of drug-likeness (QED) is 0.642. The summed E-state index contributed by atoms with van der Waals surface area (Å²) < 4.78 is 58.8. The average Bonchev–Trinajstić information content (AvgIpc) is 2.61. The van der Waals surface area contributed by atoms with Crippen LogP contribution in [0.3, 0.4) is 0 Å². The number of benzene rings is 2. The summed E-state index contributed by atoms with van der Waals surface area (Å²) in [5, 5.41) is 16.4. The molecule has 0 aliphatic carbocycles. The molecule has 30 heavy (non-hydrogen) atoms. The maximum atomic E-state index is 12.3. The van der Waals surface area contributed by atoms with Gasteiger partial charge in [0.2, 0.25) is 0 Å². The van der Waals surface area contributed by atoms with Crippen LogP contribution in [0.1, 0.15) is 15.9 Å². The molecule has 0 saturated heterocycles. The van der Waals surface area contributed by atoms with Crippen molar-refractivity contribution in [3.8, 4) is 0 Å². The Labute approximate surface area is 170 Å². The van der Waals surface area contributed by atoms with E-state index in [-0.39, 0.29) is 16.1 Å². The van der Waals surface area contributed by atoms with Gasteiger partial charge in [-0.3, -0.25) is 4.72 Å². The molecule has 8 nitrogen and oxygen atoms in total. The first kappa shape index (κ1) is 24.8. The van der Waals surface area contributed by atoms with Crippen molar-refractivity contribution < 1.29 is 41.4 Å². The fourth-order valence-corrected chi connectivity index (χ4v) is 3.14. The highest BCUT2D eigenvalue weighted by Gasteiger charge is 2.38. The van der Waals surface area contributed by atoms with Gasteiger partial charge in [-0.2, -0.15) is 13.2 Å². The van der Waals surface area contributed by atoms with E-state index in [9.17, 15) is 31.5 Å². The first-order valence-electron chi connectivity index (χ1n) is 8.09. The topological polar surface area (TPSA) is 124 Å². The normalized spacial score (nSPS) is 11.1. The summed E-state index contributed by atoms with van der Waals surface area (Å²) in [6, 6.07) is 10.8. The molecule has 0 amide bonds. The highest BCUT2D eigenvalue weighted by Crippen LogP contribution is 2.25. The fraction of sp³-hybridized carbons (Fsp3) is 0.222. The van der Waals surface area contributed by atoms with Crippen LogP contribution in [0.5, 0.6) is 0 Å². The van der Waals surface area contributed by atoms with Crippen LogP contribution in [0.4, 0.5) is 24.5 Å². The lowest BCUT2D eigenvalue weighted by atomic mass is 10.1. The van der Waals surface area contributed by atoms with Crippen LogP contribution in [-0.2, 0) is 14.8 Å². The number of nitrogens with zero attached hydrogens (tertiary/aromatic N) is 1. The van der Waals surface area contributed by atoms with E-state index in [1.807, 2.05) is 6.92 Å². The van der Waals surface area contributed by atoms with Gasteiger partial charge < -0.3 is 15.1 Å². The molecule has 0 saturated carbocycles. The predicted molar refractivity (Wildman–Crippen MR) is 103 cm³/mol. The summed E-state index contributed by atoms with van der Waals surface area (Å²) in [4.78, 5) is 22.0. The Balaban J connectivity index is 0.000000553. The number of aromatic carboxylic acids is 1. The standard InChI is InChI=1S/C16H18N2O4S.C2HF3O2/c1-11-4-7-13(8-5-11)23(21,22)17-12-6-9-15(18(2)3)14(10-12)16(19)20;3-2(4,5)1(6)7/h4-10,17H,1-3H3,(H,19,20);(H,6,7). The lowest BCUT2D eigenvalue weighted by Crippen LogP contribution is -2.21. The van der Waals surface area contributed by atoms with Gasteiger partial charge in [0.15, 0.2) is 0 Å². The zero-order valence-electron chi connectivity index (χ0n) is 16.1. The highest BCUT2D eigenvalue weighted by atomic mass is 32.2. The molecule has 12 heteroatoms. The molecule has 3 N–H and O–H groups in total. The van der Waals surface area contributed by atoms with Crippen LogP contribution >= 0.6 is 0 Å². The molecule has 0 aliphatic rings. The second kappa shape index (κ2) is 9.48. The number of hydrogen-bond acceptors (Lipinski definition) is 5. The number of aryl methyl sites for hydroxylation is 1. The van der Waals surface area contributed by atoms with E-state index in [0.717, 1.165) is 5.56 Å². The zero-order chi connectivity index (χ0) is 23.3. The van der Waals surface area contributed by atoms with Crippen LogP contribution in [0.15, 0.2) is 47.4 Å². The molecule has 0 atom stereocenters. The van der Waals surface area contributed by atoms with E-state index in [2.05, 4.69) is 4.72 Å². The molecule has 0 bridgehead atoms. The molecule has 2 aromatic carbocycles. The third kappa shape index (κ3) is 6.95. The van der Waals surface area contributed by atoms with Crippen molar-refractivity contribution in [2.45, 2.75) is 18.0 Å². The predicted octanol–water partition coefficient (Wildman–Crippen LogP) is 3.19. The van der Waals surface area contributed by atoms with Gasteiger partial charge in [-0.1, -0.05) is 17.7 Å². The van der Waals surface area contributed by atoms with Crippen molar-refractivity contribution in [2.75, 3.05) is 23.7 Å². The molecule has 0 spiro atoms. The molecular weight excluding hydrogens is 429 g/mol. The van der Waals surface area contributed by atoms with Crippen LogP contribution in [0.25, 0.3) is 0 Å². The fourth-order valence-electron chi connectivity index (χ4n) is 2.09. The molecule has 0 unspecified atom stereocenters. The van der Waals surface area contributed by atoms with E-state index in [0.29, 0.717) is 5.69 Å². The number of rotatable bonds is 5. The number of carboxylic acids is 2. The number of sulfonamides is 1. The van der Waals surface area contributed by atoms with Crippen molar-refractivity contribution in [1.29, 1.82) is 0 Å². The van der Waals surface area contributed by atoms with E-state index in [1.54, 1.807) is 37.2 Å². The van der Waals surface area contributed by atoms with E-state index in [1.165, 1.54) is 24.3 Å². The zero-order valence-corrected chi connectivity index (χ0v) is 16.9. The number of nitrogens with one attached hydrogen (secondary N) is 1. The van der Waals surface area contributed by atoms with Crippen LogP contribution < -0.4 is 9.62 Å². The molecule has 0 heterocycles. The maximum Gasteiger partial charge on any atom is 0.490 e. The van der Waals surface area contributed by atoms with Gasteiger partial charge in [-0.25, -0.2) is 18.0 Å². The van der Waals surface area contributed by atoms with Crippen LogP contribution in [0.2, 0.25) is 0 Å². The number of halogens is 3. The molecule has 0 fully saturated rings. The van der Waals surface area contributed by atoms with Gasteiger partial charge in [-0.05, 0) is 37.3 Å². The summed E-state index contributed by atoms with van der Waals surface area (Å²) >= 11 is 0. The monoisotopic (exact) mass is 448 g/mol. The Morgan fingerprint density at radius 2 is 1.50 bits per heavy atom. The highest BCUT2D eigenvalue weighted by molar-refractivity contribution is 7.92. The number of alkyl halides is 3. The van der Waals surface area contributed by atoms with Crippen LogP contribution in [0, 0.1) is 6.92 Å². The number of hydrogen-bond donors (Lipinski definition) is 3. The lowest BCUT2D eigenvalue weighted by molar-refractivity contribution is -0.192. The molecule has 0 radical (unpaired) electrons. The number of carbonyl (C=O) groups is 2.